The molecule has 8 heteroatoms. The minimum absolute atomic E-state index is 0.0648. The number of oxazole rings is 1. The Morgan fingerprint density at radius 1 is 1.10 bits per heavy atom. The lowest BCUT2D eigenvalue weighted by Gasteiger charge is -2.04. The summed E-state index contributed by atoms with van der Waals surface area (Å²) in [5, 5.41) is 10.7. The number of nitrogens with one attached hydrogen (secondary N) is 1. The highest BCUT2D eigenvalue weighted by molar-refractivity contribution is 6.05. The number of nitrogens with zero attached hydrogens (tertiary/aromatic N) is 4. The Morgan fingerprint density at radius 2 is 1.83 bits per heavy atom. The minimum Gasteiger partial charge on any atom is -0.441 e. The van der Waals surface area contributed by atoms with Gasteiger partial charge in [0.2, 0.25) is 5.89 Å². The molecule has 4 aromatic rings. The minimum atomic E-state index is -0.417. The molecule has 0 spiro atoms. The molecule has 2 heterocycles. The summed E-state index contributed by atoms with van der Waals surface area (Å²) in [5.41, 5.74) is 9.50. The Balaban J connectivity index is 1.52. The third-order valence-corrected chi connectivity index (χ3v) is 4.51. The SMILES string of the molecule is Cc1ccc(NC(=O)c2nnn(Cc3nc(-c4ccccc4)oc3C)c2N)cc1. The number of benzene rings is 2. The molecule has 0 aliphatic rings. The van der Waals surface area contributed by atoms with Gasteiger partial charge in [0.15, 0.2) is 11.5 Å². The van der Waals surface area contributed by atoms with E-state index in [9.17, 15) is 4.79 Å². The van der Waals surface area contributed by atoms with Gasteiger partial charge in [-0.25, -0.2) is 9.67 Å². The van der Waals surface area contributed by atoms with Crippen molar-refractivity contribution in [2.24, 2.45) is 0 Å². The maximum Gasteiger partial charge on any atom is 0.280 e. The Kier molecular flexibility index (Phi) is 4.82. The zero-order valence-electron chi connectivity index (χ0n) is 16.1. The van der Waals surface area contributed by atoms with Gasteiger partial charge in [-0.05, 0) is 38.1 Å². The van der Waals surface area contributed by atoms with Crippen LogP contribution in [0.2, 0.25) is 0 Å². The van der Waals surface area contributed by atoms with E-state index in [4.69, 9.17) is 10.2 Å². The van der Waals surface area contributed by atoms with E-state index >= 15 is 0 Å². The van der Waals surface area contributed by atoms with Gasteiger partial charge in [-0.3, -0.25) is 4.79 Å². The van der Waals surface area contributed by atoms with Gasteiger partial charge in [0, 0.05) is 11.3 Å². The number of anilines is 2. The van der Waals surface area contributed by atoms with Crippen LogP contribution in [0.1, 0.15) is 27.5 Å². The van der Waals surface area contributed by atoms with Crippen LogP contribution in [0.3, 0.4) is 0 Å². The second-order valence-electron chi connectivity index (χ2n) is 6.69. The predicted molar refractivity (Wildman–Crippen MR) is 109 cm³/mol. The van der Waals surface area contributed by atoms with Crippen molar-refractivity contribution in [2.75, 3.05) is 11.1 Å². The number of carbonyl (C=O) groups is 1. The monoisotopic (exact) mass is 388 g/mol. The highest BCUT2D eigenvalue weighted by Crippen LogP contribution is 2.22. The first-order chi connectivity index (χ1) is 14.0. The van der Waals surface area contributed by atoms with Crippen LogP contribution in [-0.4, -0.2) is 25.9 Å². The van der Waals surface area contributed by atoms with Crippen molar-refractivity contribution >= 4 is 17.4 Å². The molecule has 0 saturated heterocycles. The van der Waals surface area contributed by atoms with Crippen molar-refractivity contribution in [3.63, 3.8) is 0 Å². The molecule has 29 heavy (non-hydrogen) atoms. The van der Waals surface area contributed by atoms with Crippen molar-refractivity contribution in [3.05, 3.63) is 77.3 Å². The zero-order chi connectivity index (χ0) is 20.4. The Hall–Kier alpha value is -3.94. The van der Waals surface area contributed by atoms with Crippen LogP contribution in [0.4, 0.5) is 11.5 Å². The third-order valence-electron chi connectivity index (χ3n) is 4.51. The molecule has 1 amide bonds. The normalized spacial score (nSPS) is 10.8. The fraction of sp³-hybridized carbons (Fsp3) is 0.143. The van der Waals surface area contributed by atoms with Gasteiger partial charge in [0.05, 0.1) is 6.54 Å². The standard InChI is InChI=1S/C21H20N6O2/c1-13-8-10-16(11-9-13)23-20(28)18-19(22)27(26-25-18)12-17-14(2)29-21(24-17)15-6-4-3-5-7-15/h3-11H,12,22H2,1-2H3,(H,23,28). The maximum absolute atomic E-state index is 12.5. The molecule has 146 valence electrons. The first-order valence-corrected chi connectivity index (χ1v) is 9.10. The topological polar surface area (TPSA) is 112 Å². The fourth-order valence-electron chi connectivity index (χ4n) is 2.85. The molecule has 0 bridgehead atoms. The first-order valence-electron chi connectivity index (χ1n) is 9.10. The van der Waals surface area contributed by atoms with Crippen LogP contribution in [0.5, 0.6) is 0 Å². The van der Waals surface area contributed by atoms with E-state index in [0.717, 1.165) is 11.1 Å². The molecule has 0 aliphatic heterocycles. The summed E-state index contributed by atoms with van der Waals surface area (Å²) >= 11 is 0. The highest BCUT2D eigenvalue weighted by atomic mass is 16.4. The zero-order valence-corrected chi connectivity index (χ0v) is 16.1. The Bertz CT molecular complexity index is 1150. The van der Waals surface area contributed by atoms with Crippen LogP contribution in [0.25, 0.3) is 11.5 Å². The number of amides is 1. The second kappa shape index (κ2) is 7.59. The predicted octanol–water partition coefficient (Wildman–Crippen LogP) is 3.43. The van der Waals surface area contributed by atoms with Crippen molar-refractivity contribution in [1.29, 1.82) is 0 Å². The number of rotatable bonds is 5. The molecule has 0 unspecified atom stereocenters. The average Bonchev–Trinajstić information content (AvgIpc) is 3.28. The van der Waals surface area contributed by atoms with Crippen LogP contribution in [-0.2, 0) is 6.54 Å². The molecule has 2 aromatic heterocycles. The Labute approximate surface area is 167 Å². The van der Waals surface area contributed by atoms with Crippen molar-refractivity contribution in [1.82, 2.24) is 20.0 Å². The smallest absolute Gasteiger partial charge is 0.280 e. The quantitative estimate of drug-likeness (QED) is 0.542. The number of hydrogen-bond donors (Lipinski definition) is 2. The third kappa shape index (κ3) is 3.86. The van der Waals surface area contributed by atoms with Crippen molar-refractivity contribution < 1.29 is 9.21 Å². The summed E-state index contributed by atoms with van der Waals surface area (Å²) in [6.45, 7) is 4.05. The van der Waals surface area contributed by atoms with Gasteiger partial charge < -0.3 is 15.5 Å². The number of aryl methyl sites for hydroxylation is 2. The van der Waals surface area contributed by atoms with Gasteiger partial charge in [-0.2, -0.15) is 0 Å². The molecule has 2 aromatic carbocycles. The Morgan fingerprint density at radius 3 is 2.55 bits per heavy atom. The summed E-state index contributed by atoms with van der Waals surface area (Å²) in [5.74, 6) is 0.927. The van der Waals surface area contributed by atoms with Gasteiger partial charge in [0.1, 0.15) is 11.5 Å². The first kappa shape index (κ1) is 18.4. The summed E-state index contributed by atoms with van der Waals surface area (Å²) in [6.07, 6.45) is 0. The number of nitrogen functional groups attached to an aromatic ring is 1. The van der Waals surface area contributed by atoms with E-state index in [0.29, 0.717) is 23.0 Å². The highest BCUT2D eigenvalue weighted by Gasteiger charge is 2.20. The molecular weight excluding hydrogens is 368 g/mol. The van der Waals surface area contributed by atoms with Crippen LogP contribution >= 0.6 is 0 Å². The van der Waals surface area contributed by atoms with E-state index < -0.39 is 5.91 Å². The van der Waals surface area contributed by atoms with Crippen LogP contribution in [0.15, 0.2) is 59.0 Å². The lowest BCUT2D eigenvalue weighted by molar-refractivity contribution is 0.102. The molecule has 3 N–H and O–H groups in total. The number of aromatic nitrogens is 4. The average molecular weight is 388 g/mol. The molecule has 8 nitrogen and oxygen atoms in total. The summed E-state index contributed by atoms with van der Waals surface area (Å²) < 4.78 is 7.20. The number of nitrogens with two attached hydrogens (primary N) is 1. The molecule has 0 fully saturated rings. The summed E-state index contributed by atoms with van der Waals surface area (Å²) in [4.78, 5) is 17.0. The van der Waals surface area contributed by atoms with Gasteiger partial charge >= 0.3 is 0 Å². The number of carbonyl (C=O) groups excluding carboxylic acids is 1. The van der Waals surface area contributed by atoms with Crippen molar-refractivity contribution in [3.8, 4) is 11.5 Å². The van der Waals surface area contributed by atoms with Gasteiger partial charge in [0.25, 0.3) is 5.91 Å². The van der Waals surface area contributed by atoms with Crippen LogP contribution < -0.4 is 11.1 Å². The molecule has 0 radical (unpaired) electrons. The maximum atomic E-state index is 12.5. The van der Waals surface area contributed by atoms with E-state index in [-0.39, 0.29) is 18.1 Å². The van der Waals surface area contributed by atoms with Crippen LogP contribution in [0, 0.1) is 13.8 Å². The van der Waals surface area contributed by atoms with E-state index in [1.807, 2.05) is 68.4 Å². The molecular formula is C21H20N6O2. The number of hydrogen-bond acceptors (Lipinski definition) is 6. The van der Waals surface area contributed by atoms with E-state index in [1.54, 1.807) is 0 Å². The molecule has 0 atom stereocenters. The van der Waals surface area contributed by atoms with E-state index in [1.165, 1.54) is 4.68 Å². The summed E-state index contributed by atoms with van der Waals surface area (Å²) in [7, 11) is 0. The summed E-state index contributed by atoms with van der Waals surface area (Å²) in [6, 6.07) is 17.1. The van der Waals surface area contributed by atoms with Gasteiger partial charge in [-0.15, -0.1) is 5.10 Å². The van der Waals surface area contributed by atoms with Gasteiger partial charge in [-0.1, -0.05) is 41.1 Å². The lowest BCUT2D eigenvalue weighted by Crippen LogP contribution is -2.15. The molecule has 4 rings (SSSR count). The van der Waals surface area contributed by atoms with E-state index in [2.05, 4.69) is 20.6 Å². The largest absolute Gasteiger partial charge is 0.441 e. The second-order valence-corrected chi connectivity index (χ2v) is 6.69. The molecule has 0 saturated carbocycles. The molecule has 0 aliphatic carbocycles. The van der Waals surface area contributed by atoms with Crippen molar-refractivity contribution in [2.45, 2.75) is 20.4 Å². The lowest BCUT2D eigenvalue weighted by atomic mass is 10.2. The fourth-order valence-corrected chi connectivity index (χ4v) is 2.85.